The second-order valence-corrected chi connectivity index (χ2v) is 15.9. The number of carboxylic acid groups (broad SMARTS) is 2. The molecule has 0 spiro atoms. The van der Waals surface area contributed by atoms with E-state index >= 15 is 0 Å². The van der Waals surface area contributed by atoms with Crippen molar-refractivity contribution < 1.29 is 87.8 Å². The van der Waals surface area contributed by atoms with Gasteiger partial charge in [-0.25, -0.2) is 0 Å². The smallest absolute Gasteiger partial charge is 0.320 e. The third-order valence-electron chi connectivity index (χ3n) is 12.3. The predicted octanol–water partition coefficient (Wildman–Crippen LogP) is 3.13. The van der Waals surface area contributed by atoms with E-state index in [4.69, 9.17) is 28.4 Å². The van der Waals surface area contributed by atoms with Gasteiger partial charge >= 0.3 is 23.9 Å². The number of hydrogen-bond acceptors (Lipinski definition) is 16. The van der Waals surface area contributed by atoms with Gasteiger partial charge in [0.05, 0.1) is 11.1 Å². The maximum absolute atomic E-state index is 13.7. The topological polar surface area (TPSA) is 286 Å². The van der Waals surface area contributed by atoms with Crippen LogP contribution in [-0.2, 0) is 47.7 Å². The van der Waals surface area contributed by atoms with Gasteiger partial charge < -0.3 is 59.1 Å². The highest BCUT2D eigenvalue weighted by Crippen LogP contribution is 2.61. The standard InChI is InChI=1S/C40H38O18/c1-7-13(31(47)48)33(51)53-35-37(3)21(27(45)29-39(35,5)57-29)25(43)19-17(55-37)11-9-15(23(19)41)16-10-12-18-20(24(16)42)26(44)22-28(46)30-40(6,58-30)36(38(22,4)56-18)54-34(52)14(8-2)32(49)50/h9-14,29-30,35-36,41-44H,7-8H2,1-6H3,(H,47,48)(H,49,50). The first kappa shape index (κ1) is 38.7. The number of fused-ring (bicyclic) bond motifs is 6. The maximum atomic E-state index is 13.7. The monoisotopic (exact) mass is 806 g/mol. The molecule has 2 aromatic rings. The molecule has 2 aromatic carbocycles. The van der Waals surface area contributed by atoms with Gasteiger partial charge in [0, 0.05) is 11.1 Å². The Morgan fingerprint density at radius 3 is 1.29 bits per heavy atom. The number of carboxylic acids is 2. The molecular formula is C40H38O18. The van der Waals surface area contributed by atoms with E-state index in [1.807, 2.05) is 0 Å². The average Bonchev–Trinajstić information content (AvgIpc) is 4.03. The lowest BCUT2D eigenvalue weighted by atomic mass is 9.70. The molecule has 0 bridgehead atoms. The lowest BCUT2D eigenvalue weighted by Gasteiger charge is -2.45. The molecule has 2 saturated carbocycles. The summed E-state index contributed by atoms with van der Waals surface area (Å²) in [7, 11) is 0. The first-order valence-electron chi connectivity index (χ1n) is 18.4. The Morgan fingerprint density at radius 1 is 0.638 bits per heavy atom. The number of aliphatic hydroxyl groups is 2. The number of carbonyl (C=O) groups excluding carboxylic acids is 4. The van der Waals surface area contributed by atoms with E-state index in [9.17, 15) is 59.4 Å². The van der Waals surface area contributed by atoms with Crippen LogP contribution >= 0.6 is 0 Å². The normalized spacial score (nSPS) is 33.3. The molecule has 4 fully saturated rings. The van der Waals surface area contributed by atoms with Crippen molar-refractivity contribution in [2.24, 2.45) is 11.8 Å². The Balaban J connectivity index is 1.19. The largest absolute Gasteiger partial charge is 0.506 e. The molecule has 0 aromatic heterocycles. The highest BCUT2D eigenvalue weighted by atomic mass is 16.7. The van der Waals surface area contributed by atoms with Gasteiger partial charge in [-0.2, -0.15) is 0 Å². The molecule has 2 aliphatic carbocycles. The van der Waals surface area contributed by atoms with Crippen molar-refractivity contribution in [2.75, 3.05) is 0 Å². The van der Waals surface area contributed by atoms with Gasteiger partial charge in [0.1, 0.15) is 56.8 Å². The van der Waals surface area contributed by atoms with Crippen LogP contribution in [0.2, 0.25) is 0 Å². The summed E-state index contributed by atoms with van der Waals surface area (Å²) in [5.41, 5.74) is -8.69. The Bertz CT molecular complexity index is 2210. The number of aliphatic carboxylic acids is 2. The fourth-order valence-electron chi connectivity index (χ4n) is 9.14. The van der Waals surface area contributed by atoms with Gasteiger partial charge in [0.2, 0.25) is 0 Å². The quantitative estimate of drug-likeness (QED) is 0.121. The number of aromatic hydroxyl groups is 2. The van der Waals surface area contributed by atoms with E-state index < -0.39 is 139 Å². The minimum atomic E-state index is -1.93. The number of ether oxygens (including phenoxy) is 6. The number of Topliss-reactive ketones (excluding diaryl/α,β-unsaturated/α-hetero) is 2. The lowest BCUT2D eigenvalue weighted by Crippen LogP contribution is -2.62. The number of hydrogen-bond donors (Lipinski definition) is 6. The van der Waals surface area contributed by atoms with Crippen LogP contribution in [0, 0.1) is 11.8 Å². The summed E-state index contributed by atoms with van der Waals surface area (Å²) in [6, 6.07) is 5.16. The zero-order valence-electron chi connectivity index (χ0n) is 31.8. The number of rotatable bonds is 9. The summed E-state index contributed by atoms with van der Waals surface area (Å²) < 4.78 is 35.2. The number of aliphatic hydroxyl groups excluding tert-OH is 2. The number of phenolic OH excluding ortho intramolecular Hbond substituents is 2. The summed E-state index contributed by atoms with van der Waals surface area (Å²) in [5.74, 6) is -13.0. The number of phenols is 2. The van der Waals surface area contributed by atoms with Crippen LogP contribution < -0.4 is 9.47 Å². The van der Waals surface area contributed by atoms with Crippen LogP contribution in [0.25, 0.3) is 22.6 Å². The average molecular weight is 807 g/mol. The fraction of sp³-hybridized carbons (Fsp3) is 0.450. The van der Waals surface area contributed by atoms with Crippen LogP contribution in [0.15, 0.2) is 35.4 Å². The van der Waals surface area contributed by atoms with Crippen LogP contribution in [-0.4, -0.2) is 113 Å². The van der Waals surface area contributed by atoms with Crippen LogP contribution in [0.5, 0.6) is 23.0 Å². The molecule has 58 heavy (non-hydrogen) atoms. The molecule has 18 nitrogen and oxygen atoms in total. The molecule has 6 N–H and O–H groups in total. The first-order chi connectivity index (χ1) is 27.1. The molecule has 10 atom stereocenters. The van der Waals surface area contributed by atoms with Crippen molar-refractivity contribution in [1.82, 2.24) is 0 Å². The van der Waals surface area contributed by atoms with Crippen LogP contribution in [0.1, 0.15) is 65.5 Å². The van der Waals surface area contributed by atoms with Crippen molar-refractivity contribution in [1.29, 1.82) is 0 Å². The van der Waals surface area contributed by atoms with E-state index in [0.29, 0.717) is 0 Å². The number of esters is 2. The molecule has 18 heteroatoms. The van der Waals surface area contributed by atoms with Gasteiger partial charge in [-0.05, 0) is 64.8 Å². The number of carbonyl (C=O) groups is 6. The van der Waals surface area contributed by atoms with Gasteiger partial charge in [-0.1, -0.05) is 13.8 Å². The molecule has 2 saturated heterocycles. The molecule has 10 unspecified atom stereocenters. The van der Waals surface area contributed by atoms with Crippen molar-refractivity contribution in [3.05, 3.63) is 46.5 Å². The van der Waals surface area contributed by atoms with E-state index in [-0.39, 0.29) is 35.5 Å². The Morgan fingerprint density at radius 2 is 0.983 bits per heavy atom. The molecule has 306 valence electrons. The summed E-state index contributed by atoms with van der Waals surface area (Å²) in [4.78, 5) is 77.1. The van der Waals surface area contributed by atoms with Gasteiger partial charge in [-0.15, -0.1) is 0 Å². The van der Waals surface area contributed by atoms with E-state index in [1.165, 1.54) is 65.8 Å². The fourth-order valence-corrected chi connectivity index (χ4v) is 9.14. The maximum Gasteiger partial charge on any atom is 0.320 e. The second kappa shape index (κ2) is 12.2. The zero-order valence-corrected chi connectivity index (χ0v) is 31.8. The molecule has 4 heterocycles. The van der Waals surface area contributed by atoms with Gasteiger partial charge in [-0.3, -0.25) is 28.8 Å². The highest BCUT2D eigenvalue weighted by molar-refractivity contribution is 6.13. The SMILES string of the molecule is CCC(C(=O)O)C(=O)OC1C2(C)Oc3ccc(-c4ccc5c(c4O)C(O)=C4C(=O)C6OC6(C)C(OC(=O)C(CC)C(=O)O)C4(C)O5)c(O)c3C(O)=C2C(=O)C2OC21C. The minimum Gasteiger partial charge on any atom is -0.506 e. The number of epoxide rings is 2. The van der Waals surface area contributed by atoms with Gasteiger partial charge in [0.25, 0.3) is 0 Å². The second-order valence-electron chi connectivity index (χ2n) is 15.9. The molecule has 0 radical (unpaired) electrons. The zero-order chi connectivity index (χ0) is 42.3. The molecule has 6 aliphatic rings. The number of ketones is 2. The van der Waals surface area contributed by atoms with Crippen LogP contribution in [0.3, 0.4) is 0 Å². The van der Waals surface area contributed by atoms with E-state index in [2.05, 4.69) is 0 Å². The van der Waals surface area contributed by atoms with Crippen molar-refractivity contribution in [3.8, 4) is 34.1 Å². The molecular weight excluding hydrogens is 768 g/mol. The number of benzene rings is 2. The Hall–Kier alpha value is -6.14. The summed E-state index contributed by atoms with van der Waals surface area (Å²) in [6.07, 6.45) is -5.49. The van der Waals surface area contributed by atoms with E-state index in [1.54, 1.807) is 0 Å². The Kier molecular flexibility index (Phi) is 8.14. The predicted molar refractivity (Wildman–Crippen MR) is 192 cm³/mol. The third-order valence-corrected chi connectivity index (χ3v) is 12.3. The summed E-state index contributed by atoms with van der Waals surface area (Å²) in [6.45, 7) is 8.63. The lowest BCUT2D eigenvalue weighted by molar-refractivity contribution is -0.177. The van der Waals surface area contributed by atoms with Crippen LogP contribution in [0.4, 0.5) is 0 Å². The van der Waals surface area contributed by atoms with Crippen molar-refractivity contribution in [3.63, 3.8) is 0 Å². The van der Waals surface area contributed by atoms with Gasteiger partial charge in [0.15, 0.2) is 59.0 Å². The van der Waals surface area contributed by atoms with Crippen molar-refractivity contribution in [2.45, 2.75) is 101 Å². The third kappa shape index (κ3) is 4.90. The van der Waals surface area contributed by atoms with Crippen molar-refractivity contribution >= 4 is 47.0 Å². The highest BCUT2D eigenvalue weighted by Gasteiger charge is 2.77. The first-order valence-corrected chi connectivity index (χ1v) is 18.4. The minimum absolute atomic E-state index is 0.101. The van der Waals surface area contributed by atoms with E-state index in [0.717, 1.165) is 0 Å². The molecule has 4 aliphatic heterocycles. The summed E-state index contributed by atoms with van der Waals surface area (Å²) in [5, 5.41) is 66.1. The summed E-state index contributed by atoms with van der Waals surface area (Å²) >= 11 is 0. The molecule has 8 rings (SSSR count). The Labute approximate surface area is 328 Å². The molecule has 0 amide bonds.